The van der Waals surface area contributed by atoms with Gasteiger partial charge >= 0.3 is 12.1 Å². The number of carbonyl (C=O) groups excluding carboxylic acids is 5. The van der Waals surface area contributed by atoms with Crippen LogP contribution in [0.2, 0.25) is 0 Å². The van der Waals surface area contributed by atoms with Crippen molar-refractivity contribution in [1.82, 2.24) is 15.1 Å². The molecule has 2 aliphatic heterocycles. The van der Waals surface area contributed by atoms with Crippen LogP contribution < -0.4 is 14.8 Å². The summed E-state index contributed by atoms with van der Waals surface area (Å²) in [6.45, 7) is 8.62. The zero-order valence-electron chi connectivity index (χ0n) is 32.9. The number of nitrogens with one attached hydrogen (secondary N) is 1. The highest BCUT2D eigenvalue weighted by Crippen LogP contribution is 2.52. The van der Waals surface area contributed by atoms with Gasteiger partial charge in [-0.05, 0) is 44.7 Å². The molecule has 2 saturated heterocycles. The Morgan fingerprint density at radius 3 is 2.29 bits per heavy atom. The van der Waals surface area contributed by atoms with Crippen molar-refractivity contribution < 1.29 is 63.0 Å². The molecule has 16 nitrogen and oxygen atoms in total. The van der Waals surface area contributed by atoms with Gasteiger partial charge in [-0.25, -0.2) is 4.79 Å². The first kappa shape index (κ1) is 40.8. The van der Waals surface area contributed by atoms with Gasteiger partial charge in [0, 0.05) is 75.6 Å². The van der Waals surface area contributed by atoms with Gasteiger partial charge in [-0.15, -0.1) is 0 Å². The van der Waals surface area contributed by atoms with E-state index in [9.17, 15) is 39.3 Å². The highest BCUT2D eigenvalue weighted by atomic mass is 16.7. The van der Waals surface area contributed by atoms with Gasteiger partial charge in [0.15, 0.2) is 17.9 Å². The molecule has 2 fully saturated rings. The highest BCUT2D eigenvalue weighted by Gasteiger charge is 2.50. The van der Waals surface area contributed by atoms with Crippen molar-refractivity contribution >= 4 is 29.4 Å². The zero-order valence-corrected chi connectivity index (χ0v) is 32.9. The number of Topliss-reactive ketones (excluding diaryl/α,β-unsaturated/α-hetero) is 1. The number of carbonyl (C=O) groups is 5. The predicted molar refractivity (Wildman–Crippen MR) is 204 cm³/mol. The van der Waals surface area contributed by atoms with E-state index in [4.69, 9.17) is 23.7 Å². The molecule has 58 heavy (non-hydrogen) atoms. The van der Waals surface area contributed by atoms with E-state index in [1.165, 1.54) is 32.2 Å². The molecule has 2 heterocycles. The molecule has 0 unspecified atom stereocenters. The summed E-state index contributed by atoms with van der Waals surface area (Å²) in [6, 6.07) is 10.6. The second kappa shape index (κ2) is 16.1. The van der Waals surface area contributed by atoms with Crippen LogP contribution >= 0.6 is 0 Å². The van der Waals surface area contributed by atoms with E-state index >= 15 is 0 Å². The number of aromatic hydroxyl groups is 2. The van der Waals surface area contributed by atoms with E-state index in [0.29, 0.717) is 0 Å². The molecule has 4 N–H and O–H groups in total. The van der Waals surface area contributed by atoms with Gasteiger partial charge < -0.3 is 49.2 Å². The topological polar surface area (TPSA) is 211 Å². The number of hydrogen-bond donors (Lipinski definition) is 4. The maximum absolute atomic E-state index is 14.0. The molecule has 308 valence electrons. The maximum Gasteiger partial charge on any atom is 0.412 e. The Morgan fingerprint density at radius 1 is 0.948 bits per heavy atom. The number of aliphatic hydroxyl groups is 1. The average Bonchev–Trinajstić information content (AvgIpc) is 3.17. The molecule has 0 aromatic heterocycles. The molecule has 2 aliphatic carbocycles. The quantitative estimate of drug-likeness (QED) is 0.142. The second-order valence-electron chi connectivity index (χ2n) is 15.4. The Morgan fingerprint density at radius 2 is 1.64 bits per heavy atom. The lowest BCUT2D eigenvalue weighted by Crippen LogP contribution is -2.57. The standard InChI is InChI=1S/C42H47N3O13/c1-21-40(56-23(3)47)28(43-41(52)57-25-11-9-24(10-12-25)20-45-15-13-44(4)14-16-45)17-31(55-21)58-30-19-42(53,22(2)46)18-27-33(30)39(51)35-34(37(27)49)36(48)26-7-6-8-29(54-5)32(26)38(35)50/h6-12,21,28,30-31,40,49,51,53H,13-20H2,1-5H3,(H,43,52)/t21-,28-,30-,31-,40+,42-/m0/s1. The van der Waals surface area contributed by atoms with Crippen molar-refractivity contribution in [3.8, 4) is 23.0 Å². The minimum atomic E-state index is -2.12. The number of methoxy groups -OCH3 is 1. The smallest absolute Gasteiger partial charge is 0.412 e. The lowest BCUT2D eigenvalue weighted by Gasteiger charge is -2.43. The highest BCUT2D eigenvalue weighted by molar-refractivity contribution is 6.31. The minimum Gasteiger partial charge on any atom is -0.507 e. The number of hydrogen-bond acceptors (Lipinski definition) is 15. The molecule has 1 amide bonds. The Balaban J connectivity index is 1.14. The van der Waals surface area contributed by atoms with Crippen LogP contribution in [0.5, 0.6) is 23.0 Å². The number of ether oxygens (including phenoxy) is 5. The van der Waals surface area contributed by atoms with Crippen molar-refractivity contribution in [2.24, 2.45) is 0 Å². The van der Waals surface area contributed by atoms with Crippen molar-refractivity contribution in [3.05, 3.63) is 81.4 Å². The first-order valence-corrected chi connectivity index (χ1v) is 19.1. The Labute approximate surface area is 334 Å². The molecule has 0 bridgehead atoms. The van der Waals surface area contributed by atoms with E-state index in [-0.39, 0.29) is 40.2 Å². The number of fused-ring (bicyclic) bond motifs is 3. The molecule has 4 aliphatic rings. The van der Waals surface area contributed by atoms with Gasteiger partial charge in [0.05, 0.1) is 42.0 Å². The monoisotopic (exact) mass is 801 g/mol. The van der Waals surface area contributed by atoms with Crippen LogP contribution in [0.15, 0.2) is 42.5 Å². The van der Waals surface area contributed by atoms with Crippen LogP contribution in [0.3, 0.4) is 0 Å². The summed E-state index contributed by atoms with van der Waals surface area (Å²) < 4.78 is 29.0. The molecule has 3 aromatic carbocycles. The van der Waals surface area contributed by atoms with Gasteiger partial charge in [-0.1, -0.05) is 24.3 Å². The summed E-state index contributed by atoms with van der Waals surface area (Å²) in [4.78, 5) is 70.8. The molecule has 3 aromatic rings. The minimum absolute atomic E-state index is 0.0563. The summed E-state index contributed by atoms with van der Waals surface area (Å²) in [7, 11) is 3.42. The van der Waals surface area contributed by atoms with Gasteiger partial charge in [0.1, 0.15) is 34.7 Å². The maximum atomic E-state index is 14.0. The Kier molecular flexibility index (Phi) is 11.3. The second-order valence-corrected chi connectivity index (χ2v) is 15.4. The number of phenolic OH excluding ortho intramolecular Hbond substituents is 2. The average molecular weight is 802 g/mol. The fourth-order valence-corrected chi connectivity index (χ4v) is 8.34. The lowest BCUT2D eigenvalue weighted by molar-refractivity contribution is -0.252. The molecule has 16 heteroatoms. The number of amides is 1. The molecule has 0 radical (unpaired) electrons. The van der Waals surface area contributed by atoms with Crippen LogP contribution in [-0.4, -0.2) is 125 Å². The Hall–Kier alpha value is -5.39. The number of phenols is 2. The number of likely N-dealkylation sites (N-methyl/N-ethyl adjacent to an activating group) is 1. The van der Waals surface area contributed by atoms with E-state index in [1.807, 2.05) is 12.1 Å². The van der Waals surface area contributed by atoms with E-state index in [0.717, 1.165) is 45.2 Å². The van der Waals surface area contributed by atoms with Gasteiger partial charge in [-0.3, -0.25) is 24.1 Å². The molecule has 0 saturated carbocycles. The van der Waals surface area contributed by atoms with Gasteiger partial charge in [0.2, 0.25) is 5.78 Å². The first-order chi connectivity index (χ1) is 27.6. The van der Waals surface area contributed by atoms with Crippen molar-refractivity contribution in [3.63, 3.8) is 0 Å². The number of piperazine rings is 1. The third-order valence-electron chi connectivity index (χ3n) is 11.5. The summed E-state index contributed by atoms with van der Waals surface area (Å²) in [5.41, 5.74) is -2.47. The third-order valence-corrected chi connectivity index (χ3v) is 11.5. The normalized spacial score (nSPS) is 25.9. The summed E-state index contributed by atoms with van der Waals surface area (Å²) >= 11 is 0. The summed E-state index contributed by atoms with van der Waals surface area (Å²) in [5, 5.41) is 37.9. The third kappa shape index (κ3) is 7.77. The van der Waals surface area contributed by atoms with Crippen LogP contribution in [0.1, 0.15) is 88.3 Å². The van der Waals surface area contributed by atoms with E-state index < -0.39 is 101 Å². The number of ketones is 3. The van der Waals surface area contributed by atoms with Crippen LogP contribution in [-0.2, 0) is 36.8 Å². The molecular weight excluding hydrogens is 754 g/mol. The van der Waals surface area contributed by atoms with Gasteiger partial charge in [0.25, 0.3) is 0 Å². The number of esters is 1. The fourth-order valence-electron chi connectivity index (χ4n) is 8.34. The number of nitrogens with zero attached hydrogens (tertiary/aromatic N) is 2. The van der Waals surface area contributed by atoms with Crippen LogP contribution in [0.4, 0.5) is 4.79 Å². The molecule has 7 rings (SSSR count). The number of benzene rings is 3. The van der Waals surface area contributed by atoms with E-state index in [1.54, 1.807) is 19.1 Å². The first-order valence-electron chi connectivity index (χ1n) is 19.1. The SMILES string of the molecule is COc1cccc2c1C(=O)c1c(O)c3c(c(O)c1C2=O)C[C@@](O)(C(C)=O)C[C@@H]3O[C@H]1C[C@H](NC(=O)Oc2ccc(CN3CCN(C)CC3)cc2)[C@H](OC(C)=O)[C@H](C)O1. The molecule has 0 spiro atoms. The Bertz CT molecular complexity index is 2150. The van der Waals surface area contributed by atoms with E-state index in [2.05, 4.69) is 22.2 Å². The van der Waals surface area contributed by atoms with Crippen LogP contribution in [0.25, 0.3) is 0 Å². The van der Waals surface area contributed by atoms with Gasteiger partial charge in [-0.2, -0.15) is 0 Å². The summed E-state index contributed by atoms with van der Waals surface area (Å²) in [5.74, 6) is -3.87. The molecule has 6 atom stereocenters. The van der Waals surface area contributed by atoms with Crippen molar-refractivity contribution in [1.29, 1.82) is 0 Å². The molecular formula is C42H47N3O13. The van der Waals surface area contributed by atoms with Crippen LogP contribution in [0, 0.1) is 0 Å². The largest absolute Gasteiger partial charge is 0.507 e. The summed E-state index contributed by atoms with van der Waals surface area (Å²) in [6.07, 6.45) is -6.43. The van der Waals surface area contributed by atoms with Crippen molar-refractivity contribution in [2.75, 3.05) is 40.3 Å². The van der Waals surface area contributed by atoms with Crippen molar-refractivity contribution in [2.45, 2.75) is 82.8 Å². The predicted octanol–water partition coefficient (Wildman–Crippen LogP) is 3.18. The fraction of sp³-hybridized carbons (Fsp3) is 0.452. The lowest BCUT2D eigenvalue weighted by atomic mass is 9.72. The number of rotatable bonds is 9. The zero-order chi connectivity index (χ0) is 41.6.